The standard InChI is InChI=1S/C11H24N2O2/c1-4-5-12-11(15)7-13-10(8-14)6-9(2)3/h9-10,13-14H,4-8H2,1-3H3,(H,12,15). The Morgan fingerprint density at radius 2 is 2.07 bits per heavy atom. The van der Waals surface area contributed by atoms with E-state index in [0.717, 1.165) is 12.8 Å². The summed E-state index contributed by atoms with van der Waals surface area (Å²) in [5, 5.41) is 14.9. The average Bonchev–Trinajstić information content (AvgIpc) is 2.20. The monoisotopic (exact) mass is 216 g/mol. The fraction of sp³-hybridized carbons (Fsp3) is 0.909. The lowest BCUT2D eigenvalue weighted by atomic mass is 10.0. The molecule has 4 heteroatoms. The second-order valence-electron chi connectivity index (χ2n) is 4.24. The molecule has 15 heavy (non-hydrogen) atoms. The van der Waals surface area contributed by atoms with Crippen LogP contribution in [0, 0.1) is 5.92 Å². The van der Waals surface area contributed by atoms with Crippen LogP contribution in [0.2, 0.25) is 0 Å². The number of hydrogen-bond acceptors (Lipinski definition) is 3. The van der Waals surface area contributed by atoms with Crippen LogP contribution in [0.15, 0.2) is 0 Å². The van der Waals surface area contributed by atoms with Crippen molar-refractivity contribution >= 4 is 5.91 Å². The van der Waals surface area contributed by atoms with Crippen LogP contribution >= 0.6 is 0 Å². The van der Waals surface area contributed by atoms with Gasteiger partial charge in [0.1, 0.15) is 0 Å². The van der Waals surface area contributed by atoms with Crippen LogP contribution in [0.3, 0.4) is 0 Å². The Balaban J connectivity index is 3.65. The van der Waals surface area contributed by atoms with Gasteiger partial charge in [-0.2, -0.15) is 0 Å². The first kappa shape index (κ1) is 14.4. The van der Waals surface area contributed by atoms with Crippen LogP contribution in [0.4, 0.5) is 0 Å². The molecule has 1 amide bonds. The van der Waals surface area contributed by atoms with Crippen molar-refractivity contribution in [2.24, 2.45) is 5.92 Å². The van der Waals surface area contributed by atoms with Crippen molar-refractivity contribution in [3.63, 3.8) is 0 Å². The fourth-order valence-corrected chi connectivity index (χ4v) is 1.36. The van der Waals surface area contributed by atoms with E-state index in [-0.39, 0.29) is 25.1 Å². The van der Waals surface area contributed by atoms with Gasteiger partial charge in [0.25, 0.3) is 0 Å². The largest absolute Gasteiger partial charge is 0.395 e. The van der Waals surface area contributed by atoms with Gasteiger partial charge in [-0.05, 0) is 18.8 Å². The molecule has 0 fully saturated rings. The molecule has 90 valence electrons. The number of aliphatic hydroxyl groups excluding tert-OH is 1. The molecule has 0 aromatic rings. The molecule has 0 aromatic heterocycles. The minimum Gasteiger partial charge on any atom is -0.395 e. The SMILES string of the molecule is CCCNC(=O)CNC(CO)CC(C)C. The summed E-state index contributed by atoms with van der Waals surface area (Å²) < 4.78 is 0. The van der Waals surface area contributed by atoms with Crippen LogP contribution in [-0.4, -0.2) is 36.8 Å². The normalized spacial score (nSPS) is 12.9. The van der Waals surface area contributed by atoms with E-state index < -0.39 is 0 Å². The maximum absolute atomic E-state index is 11.3. The molecule has 0 saturated carbocycles. The van der Waals surface area contributed by atoms with E-state index >= 15 is 0 Å². The summed E-state index contributed by atoms with van der Waals surface area (Å²) in [7, 11) is 0. The van der Waals surface area contributed by atoms with Crippen molar-refractivity contribution in [2.45, 2.75) is 39.7 Å². The molecular formula is C11H24N2O2. The van der Waals surface area contributed by atoms with E-state index in [1.54, 1.807) is 0 Å². The molecule has 0 aliphatic carbocycles. The van der Waals surface area contributed by atoms with Crippen molar-refractivity contribution in [3.8, 4) is 0 Å². The predicted molar refractivity (Wildman–Crippen MR) is 61.6 cm³/mol. The number of carbonyl (C=O) groups is 1. The summed E-state index contributed by atoms with van der Waals surface area (Å²) in [5.41, 5.74) is 0. The van der Waals surface area contributed by atoms with Gasteiger partial charge in [0.2, 0.25) is 5.91 Å². The smallest absolute Gasteiger partial charge is 0.233 e. The Hall–Kier alpha value is -0.610. The van der Waals surface area contributed by atoms with Gasteiger partial charge in [0.05, 0.1) is 13.2 Å². The maximum atomic E-state index is 11.3. The lowest BCUT2D eigenvalue weighted by Gasteiger charge is -2.17. The van der Waals surface area contributed by atoms with Crippen molar-refractivity contribution < 1.29 is 9.90 Å². The molecule has 0 aromatic carbocycles. The van der Waals surface area contributed by atoms with Gasteiger partial charge in [0, 0.05) is 12.6 Å². The van der Waals surface area contributed by atoms with Gasteiger partial charge in [0.15, 0.2) is 0 Å². The second kappa shape index (κ2) is 8.68. The number of amides is 1. The van der Waals surface area contributed by atoms with Gasteiger partial charge in [-0.3, -0.25) is 4.79 Å². The molecule has 1 unspecified atom stereocenters. The van der Waals surface area contributed by atoms with E-state index in [4.69, 9.17) is 5.11 Å². The third-order valence-corrected chi connectivity index (χ3v) is 2.10. The van der Waals surface area contributed by atoms with Crippen molar-refractivity contribution in [3.05, 3.63) is 0 Å². The number of rotatable bonds is 8. The zero-order chi connectivity index (χ0) is 11.7. The number of hydrogen-bond donors (Lipinski definition) is 3. The van der Waals surface area contributed by atoms with E-state index in [1.165, 1.54) is 0 Å². The molecule has 3 N–H and O–H groups in total. The molecule has 4 nitrogen and oxygen atoms in total. The molecule has 1 atom stereocenters. The lowest BCUT2D eigenvalue weighted by Crippen LogP contribution is -2.41. The number of carbonyl (C=O) groups excluding carboxylic acids is 1. The molecule has 0 spiro atoms. The summed E-state index contributed by atoms with van der Waals surface area (Å²) in [6.07, 6.45) is 1.83. The van der Waals surface area contributed by atoms with E-state index in [1.807, 2.05) is 6.92 Å². The topological polar surface area (TPSA) is 61.4 Å². The Kier molecular flexibility index (Phi) is 8.33. The van der Waals surface area contributed by atoms with Crippen molar-refractivity contribution in [2.75, 3.05) is 19.7 Å². The molecule has 0 rings (SSSR count). The van der Waals surface area contributed by atoms with Gasteiger partial charge >= 0.3 is 0 Å². The first-order valence-corrected chi connectivity index (χ1v) is 5.71. The van der Waals surface area contributed by atoms with Gasteiger partial charge < -0.3 is 15.7 Å². The minimum absolute atomic E-state index is 0.000874. The summed E-state index contributed by atoms with van der Waals surface area (Å²) >= 11 is 0. The molecule has 0 aliphatic heterocycles. The zero-order valence-corrected chi connectivity index (χ0v) is 10.0. The van der Waals surface area contributed by atoms with Crippen molar-refractivity contribution in [1.29, 1.82) is 0 Å². The summed E-state index contributed by atoms with van der Waals surface area (Å²) in [6, 6.07) is 0.0253. The van der Waals surface area contributed by atoms with E-state index in [9.17, 15) is 4.79 Å². The second-order valence-corrected chi connectivity index (χ2v) is 4.24. The highest BCUT2D eigenvalue weighted by Gasteiger charge is 2.10. The minimum atomic E-state index is -0.000874. The summed E-state index contributed by atoms with van der Waals surface area (Å²) in [5.74, 6) is 0.521. The number of aliphatic hydroxyl groups is 1. The highest BCUT2D eigenvalue weighted by Crippen LogP contribution is 2.03. The highest BCUT2D eigenvalue weighted by molar-refractivity contribution is 5.77. The van der Waals surface area contributed by atoms with Crippen molar-refractivity contribution in [1.82, 2.24) is 10.6 Å². The molecule has 0 aliphatic rings. The van der Waals surface area contributed by atoms with Gasteiger partial charge in [-0.25, -0.2) is 0 Å². The Morgan fingerprint density at radius 1 is 1.40 bits per heavy atom. The van der Waals surface area contributed by atoms with E-state index in [0.29, 0.717) is 12.5 Å². The molecule has 0 heterocycles. The molecule has 0 radical (unpaired) electrons. The van der Waals surface area contributed by atoms with Crippen LogP contribution in [0.1, 0.15) is 33.6 Å². The zero-order valence-electron chi connectivity index (χ0n) is 10.0. The fourth-order valence-electron chi connectivity index (χ4n) is 1.36. The Morgan fingerprint density at radius 3 is 2.53 bits per heavy atom. The Bertz CT molecular complexity index is 172. The van der Waals surface area contributed by atoms with Gasteiger partial charge in [-0.1, -0.05) is 20.8 Å². The third kappa shape index (κ3) is 8.39. The third-order valence-electron chi connectivity index (χ3n) is 2.10. The summed E-state index contributed by atoms with van der Waals surface area (Å²) in [4.78, 5) is 11.3. The predicted octanol–water partition coefficient (Wildman–Crippen LogP) is 0.509. The van der Waals surface area contributed by atoms with Crippen LogP contribution in [-0.2, 0) is 4.79 Å². The lowest BCUT2D eigenvalue weighted by molar-refractivity contribution is -0.120. The van der Waals surface area contributed by atoms with E-state index in [2.05, 4.69) is 24.5 Å². The van der Waals surface area contributed by atoms with Crippen LogP contribution in [0.5, 0.6) is 0 Å². The Labute approximate surface area is 92.4 Å². The average molecular weight is 216 g/mol. The highest BCUT2D eigenvalue weighted by atomic mass is 16.3. The first-order valence-electron chi connectivity index (χ1n) is 5.71. The molecule has 0 bridgehead atoms. The number of nitrogens with one attached hydrogen (secondary N) is 2. The van der Waals surface area contributed by atoms with Crippen LogP contribution in [0.25, 0.3) is 0 Å². The summed E-state index contributed by atoms with van der Waals surface area (Å²) in [6.45, 7) is 7.30. The quantitative estimate of drug-likeness (QED) is 0.554. The molecule has 0 saturated heterocycles. The van der Waals surface area contributed by atoms with Gasteiger partial charge in [-0.15, -0.1) is 0 Å². The van der Waals surface area contributed by atoms with Crippen LogP contribution < -0.4 is 10.6 Å². The maximum Gasteiger partial charge on any atom is 0.233 e. The first-order chi connectivity index (χ1) is 7.10. The molecular weight excluding hydrogens is 192 g/mol.